The van der Waals surface area contributed by atoms with Gasteiger partial charge in [0.25, 0.3) is 5.91 Å². The highest BCUT2D eigenvalue weighted by atomic mass is 32.2. The zero-order valence-electron chi connectivity index (χ0n) is 32.5. The number of carbonyl (C=O) groups excluding carboxylic acids is 1. The van der Waals surface area contributed by atoms with Crippen molar-refractivity contribution >= 4 is 44.2 Å². The van der Waals surface area contributed by atoms with Gasteiger partial charge in [-0.3, -0.25) is 4.79 Å². The number of sulfone groups is 1. The van der Waals surface area contributed by atoms with Gasteiger partial charge in [-0.25, -0.2) is 13.4 Å². The molecule has 0 aliphatic carbocycles. The van der Waals surface area contributed by atoms with Crippen molar-refractivity contribution in [2.24, 2.45) is 15.5 Å². The summed E-state index contributed by atoms with van der Waals surface area (Å²) in [7, 11) is -2.97. The number of aliphatic imine (C=N–C) groups is 1. The van der Waals surface area contributed by atoms with E-state index < -0.39 is 22.0 Å². The Hall–Kier alpha value is -4.30. The molecule has 3 unspecified atom stereocenters. The lowest BCUT2D eigenvalue weighted by molar-refractivity contribution is -0.128. The lowest BCUT2D eigenvalue weighted by Crippen LogP contribution is -2.49. The standard InChI is InChI=1S/C39H54N8O5S/c1-10-32(52-28-13-11-27(12-14-28)45-16-19-53(50,51)20-17-45)37(49)40-26(4)35-42-43-36-33(34(38(5,6)7)44-47(35)36)41-30-22-29-25(3)23-39(8,9)46(15-18-48)31(29)21-24(30)2/h11-14,21-22,25-26,32,48H,10,15-20,23H2,1-9H3,(H,40,49). The summed E-state index contributed by atoms with van der Waals surface area (Å²) in [5, 5.41) is 26.9. The number of β-amino-alcohol motifs (C(OH)–C–C–N with tert-alkyl or cyclic N) is 1. The third kappa shape index (κ3) is 7.84. The number of nitrogens with one attached hydrogen (secondary N) is 1. The molecule has 0 saturated carbocycles. The number of fused-ring (bicyclic) bond motifs is 2. The summed E-state index contributed by atoms with van der Waals surface area (Å²) in [6.45, 7) is 20.4. The third-order valence-electron chi connectivity index (χ3n) is 10.5. The molecule has 3 atom stereocenters. The summed E-state index contributed by atoms with van der Waals surface area (Å²) in [5.74, 6) is 1.87. The Kier molecular flexibility index (Phi) is 10.5. The first kappa shape index (κ1) is 38.4. The van der Waals surface area contributed by atoms with Gasteiger partial charge in [-0.15, -0.1) is 10.2 Å². The molecule has 1 fully saturated rings. The van der Waals surface area contributed by atoms with Crippen LogP contribution in [0.2, 0.25) is 0 Å². The van der Waals surface area contributed by atoms with E-state index in [0.29, 0.717) is 55.1 Å². The zero-order valence-corrected chi connectivity index (χ0v) is 33.3. The van der Waals surface area contributed by atoms with E-state index in [1.54, 1.807) is 4.68 Å². The minimum absolute atomic E-state index is 0.0799. The molecule has 6 rings (SSSR count). The fourth-order valence-corrected chi connectivity index (χ4v) is 8.82. The highest BCUT2D eigenvalue weighted by Gasteiger charge is 2.39. The van der Waals surface area contributed by atoms with Crippen molar-refractivity contribution in [3.05, 3.63) is 59.2 Å². The minimum atomic E-state index is -2.97. The Morgan fingerprint density at radius 2 is 1.81 bits per heavy atom. The van der Waals surface area contributed by atoms with Crippen LogP contribution in [0.4, 0.5) is 17.1 Å². The van der Waals surface area contributed by atoms with Gasteiger partial charge in [0, 0.05) is 42.0 Å². The van der Waals surface area contributed by atoms with Crippen LogP contribution < -0.4 is 19.9 Å². The molecule has 53 heavy (non-hydrogen) atoms. The third-order valence-corrected chi connectivity index (χ3v) is 12.1. The molecule has 13 nitrogen and oxygen atoms in total. The molecule has 2 aromatic carbocycles. The van der Waals surface area contributed by atoms with Gasteiger partial charge in [-0.1, -0.05) is 34.6 Å². The van der Waals surface area contributed by atoms with Gasteiger partial charge in [0.1, 0.15) is 11.5 Å². The van der Waals surface area contributed by atoms with Crippen LogP contribution in [0.1, 0.15) is 103 Å². The number of hydrogen-bond donors (Lipinski definition) is 2. The second kappa shape index (κ2) is 14.5. The van der Waals surface area contributed by atoms with E-state index in [1.807, 2.05) is 43.0 Å². The average molecular weight is 747 g/mol. The highest BCUT2D eigenvalue weighted by Crippen LogP contribution is 2.46. The van der Waals surface area contributed by atoms with Crippen molar-refractivity contribution in [2.75, 3.05) is 47.5 Å². The maximum Gasteiger partial charge on any atom is 0.261 e. The monoisotopic (exact) mass is 746 g/mol. The van der Waals surface area contributed by atoms with Gasteiger partial charge in [0.2, 0.25) is 5.82 Å². The minimum Gasteiger partial charge on any atom is -0.481 e. The Balaban J connectivity index is 1.21. The van der Waals surface area contributed by atoms with E-state index >= 15 is 0 Å². The van der Waals surface area contributed by atoms with E-state index in [1.165, 1.54) is 5.56 Å². The average Bonchev–Trinajstić information content (AvgIpc) is 3.66. The second-order valence-corrected chi connectivity index (χ2v) is 18.5. The van der Waals surface area contributed by atoms with Gasteiger partial charge in [0.05, 0.1) is 35.6 Å². The van der Waals surface area contributed by atoms with Crippen LogP contribution in [0.3, 0.4) is 0 Å². The molecule has 286 valence electrons. The first-order valence-corrected chi connectivity index (χ1v) is 20.4. The number of aliphatic hydroxyl groups excluding tert-OH is 1. The molecular weight excluding hydrogens is 693 g/mol. The van der Waals surface area contributed by atoms with E-state index in [2.05, 4.69) is 81.0 Å². The molecule has 3 aliphatic heterocycles. The maximum absolute atomic E-state index is 13.5. The maximum atomic E-state index is 13.5. The Bertz CT molecular complexity index is 2020. The number of carbonyl (C=O) groups is 1. The smallest absolute Gasteiger partial charge is 0.261 e. The SMILES string of the molecule is CCC(Oc1ccc(N2CCS(=O)(=O)CC2)cc1)C(=O)NC(C)c1nnc2n1N=C(C(C)(C)C)C2=Nc1cc2c(cc1C)N(CCO)C(C)(C)CC2C. The van der Waals surface area contributed by atoms with E-state index in [9.17, 15) is 18.3 Å². The Morgan fingerprint density at radius 3 is 2.43 bits per heavy atom. The molecule has 2 N–H and O–H groups in total. The lowest BCUT2D eigenvalue weighted by Gasteiger charge is -2.47. The van der Waals surface area contributed by atoms with Gasteiger partial charge < -0.3 is 25.0 Å². The van der Waals surface area contributed by atoms with Gasteiger partial charge in [-0.05, 0) is 94.0 Å². The van der Waals surface area contributed by atoms with E-state index in [-0.39, 0.29) is 35.0 Å². The van der Waals surface area contributed by atoms with Crippen molar-refractivity contribution in [1.82, 2.24) is 20.2 Å². The number of aryl methyl sites for hydroxylation is 1. The summed E-state index contributed by atoms with van der Waals surface area (Å²) in [4.78, 5) is 23.1. The Morgan fingerprint density at radius 1 is 1.13 bits per heavy atom. The van der Waals surface area contributed by atoms with Gasteiger partial charge >= 0.3 is 0 Å². The van der Waals surface area contributed by atoms with Crippen LogP contribution in [0.5, 0.6) is 5.75 Å². The van der Waals surface area contributed by atoms with E-state index in [0.717, 1.165) is 34.8 Å². The topological polar surface area (TPSA) is 155 Å². The molecule has 3 aliphatic rings. The summed E-state index contributed by atoms with van der Waals surface area (Å²) >= 11 is 0. The molecule has 1 aromatic heterocycles. The molecular formula is C39H54N8O5S. The number of anilines is 2. The predicted molar refractivity (Wildman–Crippen MR) is 210 cm³/mol. The molecule has 3 aromatic rings. The Labute approximate surface area is 313 Å². The van der Waals surface area contributed by atoms with Crippen LogP contribution in [0.25, 0.3) is 0 Å². The zero-order chi connectivity index (χ0) is 38.5. The number of amides is 1. The van der Waals surface area contributed by atoms with Gasteiger partial charge in [-0.2, -0.15) is 9.78 Å². The number of benzene rings is 2. The highest BCUT2D eigenvalue weighted by molar-refractivity contribution is 7.91. The van der Waals surface area contributed by atoms with Crippen molar-refractivity contribution in [3.8, 4) is 5.75 Å². The number of rotatable bonds is 10. The number of nitrogens with zero attached hydrogens (tertiary/aromatic N) is 7. The van der Waals surface area contributed by atoms with Crippen molar-refractivity contribution in [3.63, 3.8) is 0 Å². The second-order valence-electron chi connectivity index (χ2n) is 16.2. The van der Waals surface area contributed by atoms with Crippen molar-refractivity contribution in [1.29, 1.82) is 0 Å². The largest absolute Gasteiger partial charge is 0.481 e. The number of ether oxygens (including phenoxy) is 1. The molecule has 14 heteroatoms. The van der Waals surface area contributed by atoms with Crippen molar-refractivity contribution in [2.45, 2.75) is 98.8 Å². The quantitative estimate of drug-likeness (QED) is 0.280. The molecule has 0 spiro atoms. The molecule has 4 heterocycles. The summed E-state index contributed by atoms with van der Waals surface area (Å²) < 4.78 is 31.5. The predicted octanol–water partition coefficient (Wildman–Crippen LogP) is 5.33. The number of hydrogen-bond acceptors (Lipinski definition) is 11. The summed E-state index contributed by atoms with van der Waals surface area (Å²) in [5.41, 5.74) is 6.10. The first-order valence-electron chi connectivity index (χ1n) is 18.6. The lowest BCUT2D eigenvalue weighted by atomic mass is 9.79. The van der Waals surface area contributed by atoms with Crippen LogP contribution in [-0.4, -0.2) is 95.1 Å². The summed E-state index contributed by atoms with van der Waals surface area (Å²) in [6.07, 6.45) is 0.655. The molecule has 0 bridgehead atoms. The van der Waals surface area contributed by atoms with E-state index in [4.69, 9.17) is 14.8 Å². The van der Waals surface area contributed by atoms with Crippen LogP contribution in [-0.2, 0) is 14.6 Å². The normalized spacial score (nSPS) is 21.1. The van der Waals surface area contributed by atoms with Crippen LogP contribution in [0, 0.1) is 12.3 Å². The van der Waals surface area contributed by atoms with Crippen LogP contribution in [0.15, 0.2) is 46.5 Å². The number of aliphatic hydroxyl groups is 1. The van der Waals surface area contributed by atoms with Crippen molar-refractivity contribution < 1.29 is 23.1 Å². The fourth-order valence-electron chi connectivity index (χ4n) is 7.62. The molecule has 1 saturated heterocycles. The number of aromatic nitrogens is 3. The van der Waals surface area contributed by atoms with Crippen LogP contribution >= 0.6 is 0 Å². The molecule has 0 radical (unpaired) electrons. The fraction of sp³-hybridized carbons (Fsp3) is 0.564. The summed E-state index contributed by atoms with van der Waals surface area (Å²) in [6, 6.07) is 11.2. The first-order chi connectivity index (χ1) is 24.9. The molecule has 1 amide bonds. The van der Waals surface area contributed by atoms with Gasteiger partial charge in [0.15, 0.2) is 21.8 Å².